The molecule has 0 amide bonds. The van der Waals surface area contributed by atoms with Crippen molar-refractivity contribution in [2.75, 3.05) is 27.9 Å². The molecule has 0 saturated heterocycles. The molecule has 610 valence electrons. The van der Waals surface area contributed by atoms with Crippen molar-refractivity contribution in [3.63, 3.8) is 0 Å². The number of terminal acetylenes is 4. The molecule has 18 unspecified atom stereocenters. The number of methoxy groups -OCH3 is 3. The number of allylic oxidation sites excluding steroid dienone is 4. The Hall–Kier alpha value is -7.48. The van der Waals surface area contributed by atoms with Crippen LogP contribution >= 0.6 is 0 Å². The van der Waals surface area contributed by atoms with Crippen LogP contribution in [0.3, 0.4) is 0 Å². The summed E-state index contributed by atoms with van der Waals surface area (Å²) in [5, 5.41) is 0. The van der Waals surface area contributed by atoms with Crippen molar-refractivity contribution >= 4 is 59.3 Å². The van der Waals surface area contributed by atoms with Crippen LogP contribution in [0.15, 0.2) is 46.6 Å². The van der Waals surface area contributed by atoms with E-state index in [0.717, 1.165) is 154 Å². The number of hydrogen-bond donors (Lipinski definition) is 0. The van der Waals surface area contributed by atoms with Crippen LogP contribution in [0.4, 0.5) is 0 Å². The lowest BCUT2D eigenvalue weighted by molar-refractivity contribution is -0.193. The van der Waals surface area contributed by atoms with E-state index in [1.807, 2.05) is 38.2 Å². The Bertz CT molecular complexity index is 4060. The van der Waals surface area contributed by atoms with Gasteiger partial charge in [0.05, 0.1) is 51.6 Å². The molecule has 0 aromatic heterocycles. The van der Waals surface area contributed by atoms with Gasteiger partial charge in [-0.3, -0.25) is 38.4 Å². The van der Waals surface area contributed by atoms with Crippen molar-refractivity contribution < 1.29 is 76.5 Å². The summed E-state index contributed by atoms with van der Waals surface area (Å²) in [7, 11) is 4.38. The molecule has 12 fully saturated rings. The van der Waals surface area contributed by atoms with Crippen LogP contribution in [0.25, 0.3) is 0 Å². The molecule has 0 spiro atoms. The highest BCUT2D eigenvalue weighted by atomic mass is 16.5. The molecule has 0 radical (unpaired) electrons. The molecule has 16 aliphatic carbocycles. The van der Waals surface area contributed by atoms with Gasteiger partial charge in [0.25, 0.3) is 0 Å². The molecule has 0 aromatic carbocycles. The van der Waals surface area contributed by atoms with Gasteiger partial charge in [-0.1, -0.05) is 87.5 Å². The van der Waals surface area contributed by atoms with E-state index in [4.69, 9.17) is 63.8 Å². The molecule has 26 atom stereocenters. The standard InChI is InChI=1S/C26H36O3.C24H32O3.C23H30O3.C22H28O3.2CO2/c1-5-22(24(28)29-7-3)26(6-2)15-13-23-21-10-8-17-16-18(27)9-11-19(17)20(21)12-14-25(23,26)4;1-5-24(15(2)22(26)27-4)13-11-21-20-8-6-16-14-17(25)7-9-18(16)19(20)10-12-23(21,24)3;1-4-23(14-21(25)26-3)12-10-20-19-7-5-15-13-16(24)6-8-17(15)18(19)9-11-22(20,23)2;1-4-22(20(24)25-3)12-10-19-18-7-5-14-13-15(23)6-8-16(14)17(18)9-11-21(19,22)2;2*2-1-3/h2,16,19-23H,5,7-15H2,1,3-4H3;1,14-15,18-21H,6-13H2,2-4H3;1,13,17-20H,5-12,14H2,2-3H3;1,13,16-19H,5-12H2,2-3H3;;/t19?,20?,21?,22?,23?,25-,26-;15?,18?,19?,20?,21?,23-,24-;17?,18?,19?,20?,22-,23-;16?,17?,18?,19?,21-,22-;;/m0000../s1. The molecule has 0 N–H and O–H groups in total. The third-order valence-corrected chi connectivity index (χ3v) is 35.4. The molecule has 12 saturated carbocycles. The smallest absolute Gasteiger partial charge is 0.373 e. The highest BCUT2D eigenvalue weighted by Crippen LogP contribution is 2.74. The van der Waals surface area contributed by atoms with Crippen molar-refractivity contribution in [3.8, 4) is 49.4 Å². The lowest BCUT2D eigenvalue weighted by atomic mass is 9.47. The number of hydrogen-bond acceptors (Lipinski definition) is 16. The molecule has 0 aliphatic heterocycles. The zero-order valence-corrected chi connectivity index (χ0v) is 69.3. The lowest BCUT2D eigenvalue weighted by Gasteiger charge is -2.57. The molecule has 0 bridgehead atoms. The third kappa shape index (κ3) is 14.6. The molecule has 16 nitrogen and oxygen atoms in total. The quantitative estimate of drug-likeness (QED) is 0.118. The van der Waals surface area contributed by atoms with Gasteiger partial charge in [-0.25, -0.2) is 0 Å². The van der Waals surface area contributed by atoms with Gasteiger partial charge in [0.15, 0.2) is 23.1 Å². The molecular weight excluding hydrogens is 1420 g/mol. The average molecular weight is 1550 g/mol. The summed E-state index contributed by atoms with van der Waals surface area (Å²) in [5.41, 5.74) is 3.65. The normalized spacial score (nSPS) is 41.7. The SMILES string of the molecule is C#C[C@@]1(C(=O)OC)CCC2C3CCC4=CC(=O)CCC4C3CC[C@@]21C.C#C[C@@]1(C(C)C(=O)OC)CCC2C3CCC4=CC(=O)CCC4C3CC[C@@]21C.C#C[C@@]1(C(CC)C(=O)OCC)CCC2C3CCC4=CC(=O)CCC4C3CC[C@@]21C.C#C[C@@]1(CC(=O)OC)CCC2C3CCC4=CC(=O)CCC4C3CC[C@@]21C.O=C=O.O=C=O. The summed E-state index contributed by atoms with van der Waals surface area (Å²) >= 11 is 0. The average Bonchev–Trinajstić information content (AvgIpc) is 1.60. The summed E-state index contributed by atoms with van der Waals surface area (Å²) in [6, 6.07) is 0. The first-order valence-electron chi connectivity index (χ1n) is 43.3. The number of rotatable bonds is 9. The first-order chi connectivity index (χ1) is 54.0. The maximum atomic E-state index is 12.9. The Labute approximate surface area is 672 Å². The summed E-state index contributed by atoms with van der Waals surface area (Å²) in [6.07, 6.45) is 66.6. The Morgan fingerprint density at radius 2 is 0.761 bits per heavy atom. The van der Waals surface area contributed by atoms with Crippen molar-refractivity contribution in [1.82, 2.24) is 0 Å². The summed E-state index contributed by atoms with van der Waals surface area (Å²) in [4.78, 5) is 130. The molecule has 113 heavy (non-hydrogen) atoms. The van der Waals surface area contributed by atoms with E-state index in [-0.39, 0.29) is 80.5 Å². The second-order valence-corrected chi connectivity index (χ2v) is 38.1. The number of carbonyl (C=O) groups excluding carboxylic acids is 12. The minimum absolute atomic E-state index is 0.00204. The van der Waals surface area contributed by atoms with E-state index < -0.39 is 10.8 Å². The Morgan fingerprint density at radius 1 is 0.407 bits per heavy atom. The number of carbonyl (C=O) groups is 8. The van der Waals surface area contributed by atoms with Crippen LogP contribution in [-0.4, -0.2) is 87.2 Å². The van der Waals surface area contributed by atoms with Crippen LogP contribution in [0.1, 0.15) is 267 Å². The summed E-state index contributed by atoms with van der Waals surface area (Å²) in [5.74, 6) is 22.6. The van der Waals surface area contributed by atoms with Gasteiger partial charge >= 0.3 is 36.2 Å². The second kappa shape index (κ2) is 34.8. The Morgan fingerprint density at radius 3 is 1.12 bits per heavy atom. The minimum atomic E-state index is -0.754. The van der Waals surface area contributed by atoms with Crippen LogP contribution in [0, 0.1) is 199 Å². The van der Waals surface area contributed by atoms with Crippen molar-refractivity contribution in [2.24, 2.45) is 150 Å². The first-order valence-corrected chi connectivity index (χ1v) is 43.3. The highest BCUT2D eigenvalue weighted by Gasteiger charge is 2.70. The zero-order valence-electron chi connectivity index (χ0n) is 69.3. The predicted molar refractivity (Wildman–Crippen MR) is 424 cm³/mol. The molecular formula is C97H126O16. The Kier molecular flexibility index (Phi) is 26.6. The second-order valence-electron chi connectivity index (χ2n) is 38.1. The monoisotopic (exact) mass is 1550 g/mol. The fraction of sp³-hybridized carbons (Fsp3) is 0.732. The maximum absolute atomic E-state index is 12.9. The molecule has 16 heteroatoms. The largest absolute Gasteiger partial charge is 0.469 e. The third-order valence-electron chi connectivity index (χ3n) is 35.4. The van der Waals surface area contributed by atoms with E-state index in [0.29, 0.717) is 150 Å². The van der Waals surface area contributed by atoms with Gasteiger partial charge in [-0.05, 0) is 334 Å². The van der Waals surface area contributed by atoms with Crippen molar-refractivity contribution in [1.29, 1.82) is 0 Å². The molecule has 0 aromatic rings. The van der Waals surface area contributed by atoms with Crippen molar-refractivity contribution in [3.05, 3.63) is 46.6 Å². The molecule has 0 heterocycles. The van der Waals surface area contributed by atoms with E-state index in [1.54, 1.807) is 0 Å². The van der Waals surface area contributed by atoms with E-state index in [2.05, 4.69) is 58.3 Å². The topological polar surface area (TPSA) is 242 Å². The Balaban J connectivity index is 0.000000145. The summed E-state index contributed by atoms with van der Waals surface area (Å²) in [6.45, 7) is 15.7. The fourth-order valence-electron chi connectivity index (χ4n) is 30.1. The van der Waals surface area contributed by atoms with E-state index >= 15 is 0 Å². The highest BCUT2D eigenvalue weighted by molar-refractivity contribution is 5.93. The van der Waals surface area contributed by atoms with Gasteiger partial charge in [-0.15, -0.1) is 25.7 Å². The zero-order chi connectivity index (χ0) is 82.0. The number of fused-ring (bicyclic) bond motifs is 20. The van der Waals surface area contributed by atoms with Gasteiger partial charge < -0.3 is 18.9 Å². The van der Waals surface area contributed by atoms with Crippen LogP contribution < -0.4 is 0 Å². The van der Waals surface area contributed by atoms with Gasteiger partial charge in [-0.2, -0.15) is 19.2 Å². The lowest BCUT2D eigenvalue weighted by Crippen LogP contribution is -2.52. The van der Waals surface area contributed by atoms with Crippen LogP contribution in [-0.2, 0) is 76.5 Å². The number of esters is 4. The van der Waals surface area contributed by atoms with Crippen LogP contribution in [0.5, 0.6) is 0 Å². The van der Waals surface area contributed by atoms with Gasteiger partial charge in [0.1, 0.15) is 5.41 Å². The van der Waals surface area contributed by atoms with Crippen molar-refractivity contribution in [2.45, 2.75) is 267 Å². The minimum Gasteiger partial charge on any atom is -0.469 e. The fourth-order valence-corrected chi connectivity index (χ4v) is 30.1. The van der Waals surface area contributed by atoms with Gasteiger partial charge in [0.2, 0.25) is 0 Å². The summed E-state index contributed by atoms with van der Waals surface area (Å²) < 4.78 is 20.7. The predicted octanol–water partition coefficient (Wildman–Crippen LogP) is 17.0. The van der Waals surface area contributed by atoms with E-state index in [9.17, 15) is 38.4 Å². The molecule has 16 aliphatic rings. The first kappa shape index (κ1) is 86.4. The molecule has 16 rings (SSSR count). The van der Waals surface area contributed by atoms with E-state index in [1.165, 1.54) is 82.1 Å². The van der Waals surface area contributed by atoms with Crippen LogP contribution in [0.2, 0.25) is 0 Å². The number of ketones is 4. The number of ether oxygens (including phenoxy) is 4. The van der Waals surface area contributed by atoms with Gasteiger partial charge in [0, 0.05) is 36.5 Å². The maximum Gasteiger partial charge on any atom is 0.373 e.